The molecule has 2 unspecified atom stereocenters. The zero-order valence-electron chi connectivity index (χ0n) is 9.16. The van der Waals surface area contributed by atoms with E-state index < -0.39 is 18.4 Å². The van der Waals surface area contributed by atoms with Crippen molar-refractivity contribution in [3.63, 3.8) is 0 Å². The van der Waals surface area contributed by atoms with Crippen LogP contribution in [0, 0.1) is 5.92 Å². The van der Waals surface area contributed by atoms with E-state index in [2.05, 4.69) is 0 Å². The minimum atomic E-state index is -2.41. The second kappa shape index (κ2) is 5.23. The van der Waals surface area contributed by atoms with Crippen molar-refractivity contribution >= 4 is 11.8 Å². The number of nitrogens with two attached hydrogens (primary N) is 1. The van der Waals surface area contributed by atoms with Gasteiger partial charge in [0.1, 0.15) is 6.04 Å². The number of primary amides is 1. The molecule has 2 atom stereocenters. The van der Waals surface area contributed by atoms with Crippen molar-refractivity contribution in [1.29, 1.82) is 0 Å². The number of rotatable bonds is 5. The van der Waals surface area contributed by atoms with E-state index in [0.29, 0.717) is 6.42 Å². The Morgan fingerprint density at radius 1 is 1.62 bits per heavy atom. The summed E-state index contributed by atoms with van der Waals surface area (Å²) in [4.78, 5) is 23.9. The van der Waals surface area contributed by atoms with E-state index in [1.165, 1.54) is 4.90 Å². The van der Waals surface area contributed by atoms with Crippen molar-refractivity contribution in [3.8, 4) is 0 Å². The van der Waals surface area contributed by atoms with Crippen LogP contribution in [0.1, 0.15) is 26.2 Å². The van der Waals surface area contributed by atoms with Crippen LogP contribution in [0.5, 0.6) is 0 Å². The molecule has 0 saturated carbocycles. The molecular formula is C10H16F2N2O2. The van der Waals surface area contributed by atoms with Crippen LogP contribution >= 0.6 is 0 Å². The number of amides is 2. The van der Waals surface area contributed by atoms with E-state index in [9.17, 15) is 18.4 Å². The first kappa shape index (κ1) is 12.9. The zero-order chi connectivity index (χ0) is 12.3. The quantitative estimate of drug-likeness (QED) is 0.763. The monoisotopic (exact) mass is 234 g/mol. The molecular weight excluding hydrogens is 218 g/mol. The molecule has 1 saturated heterocycles. The lowest BCUT2D eigenvalue weighted by Gasteiger charge is -2.24. The van der Waals surface area contributed by atoms with Gasteiger partial charge in [0.15, 0.2) is 0 Å². The fourth-order valence-electron chi connectivity index (χ4n) is 2.09. The van der Waals surface area contributed by atoms with Gasteiger partial charge in [-0.3, -0.25) is 9.59 Å². The number of likely N-dealkylation sites (tertiary alicyclic amines) is 1. The SMILES string of the molecule is CCC(C(N)=O)N1CC(CC(F)F)CC1=O. The fraction of sp³-hybridized carbons (Fsp3) is 0.800. The first-order valence-electron chi connectivity index (χ1n) is 5.32. The Morgan fingerprint density at radius 2 is 2.25 bits per heavy atom. The number of hydrogen-bond donors (Lipinski definition) is 1. The Morgan fingerprint density at radius 3 is 2.69 bits per heavy atom. The maximum absolute atomic E-state index is 12.2. The maximum Gasteiger partial charge on any atom is 0.240 e. The first-order chi connectivity index (χ1) is 7.45. The van der Waals surface area contributed by atoms with Crippen molar-refractivity contribution in [1.82, 2.24) is 4.90 Å². The van der Waals surface area contributed by atoms with Gasteiger partial charge in [0, 0.05) is 19.4 Å². The zero-order valence-corrected chi connectivity index (χ0v) is 9.16. The third-order valence-corrected chi connectivity index (χ3v) is 2.84. The van der Waals surface area contributed by atoms with Gasteiger partial charge in [0.2, 0.25) is 18.2 Å². The van der Waals surface area contributed by atoms with Crippen LogP contribution < -0.4 is 5.73 Å². The van der Waals surface area contributed by atoms with Crippen LogP contribution in [0.2, 0.25) is 0 Å². The van der Waals surface area contributed by atoms with Crippen LogP contribution in [0.4, 0.5) is 8.78 Å². The van der Waals surface area contributed by atoms with Crippen molar-refractivity contribution in [2.75, 3.05) is 6.54 Å². The average Bonchev–Trinajstić information content (AvgIpc) is 2.46. The molecule has 2 N–H and O–H groups in total. The summed E-state index contributed by atoms with van der Waals surface area (Å²) in [5.74, 6) is -1.19. The average molecular weight is 234 g/mol. The molecule has 1 fully saturated rings. The lowest BCUT2D eigenvalue weighted by Crippen LogP contribution is -2.45. The van der Waals surface area contributed by atoms with E-state index in [-0.39, 0.29) is 31.2 Å². The summed E-state index contributed by atoms with van der Waals surface area (Å²) in [5.41, 5.74) is 5.15. The van der Waals surface area contributed by atoms with Gasteiger partial charge in [-0.1, -0.05) is 6.92 Å². The summed E-state index contributed by atoms with van der Waals surface area (Å²) >= 11 is 0. The van der Waals surface area contributed by atoms with Crippen LogP contribution in [-0.4, -0.2) is 35.7 Å². The molecule has 16 heavy (non-hydrogen) atoms. The van der Waals surface area contributed by atoms with Crippen LogP contribution in [0.3, 0.4) is 0 Å². The number of nitrogens with zero attached hydrogens (tertiary/aromatic N) is 1. The Kier molecular flexibility index (Phi) is 4.20. The molecule has 1 aliphatic heterocycles. The smallest absolute Gasteiger partial charge is 0.240 e. The Hall–Kier alpha value is -1.20. The summed E-state index contributed by atoms with van der Waals surface area (Å²) in [7, 11) is 0. The minimum absolute atomic E-state index is 0.0914. The molecule has 1 aliphatic rings. The molecule has 0 aromatic rings. The van der Waals surface area contributed by atoms with Crippen LogP contribution in [0.25, 0.3) is 0 Å². The van der Waals surface area contributed by atoms with Crippen molar-refractivity contribution in [2.45, 2.75) is 38.7 Å². The van der Waals surface area contributed by atoms with Gasteiger partial charge in [-0.2, -0.15) is 0 Å². The molecule has 0 aliphatic carbocycles. The Balaban J connectivity index is 2.63. The second-order valence-corrected chi connectivity index (χ2v) is 4.07. The van der Waals surface area contributed by atoms with Gasteiger partial charge in [-0.25, -0.2) is 8.78 Å². The molecule has 2 amide bonds. The molecule has 1 rings (SSSR count). The highest BCUT2D eigenvalue weighted by atomic mass is 19.3. The van der Waals surface area contributed by atoms with Crippen molar-refractivity contribution in [3.05, 3.63) is 0 Å². The van der Waals surface area contributed by atoms with E-state index in [1.807, 2.05) is 0 Å². The molecule has 92 valence electrons. The molecule has 1 heterocycles. The summed E-state index contributed by atoms with van der Waals surface area (Å²) in [6.45, 7) is 1.95. The Bertz CT molecular complexity index is 284. The standard InChI is InChI=1S/C10H16F2N2O2/c1-2-7(10(13)16)14-5-6(3-8(11)12)4-9(14)15/h6-8H,2-5H2,1H3,(H2,13,16). The van der Waals surface area contributed by atoms with E-state index in [1.54, 1.807) is 6.92 Å². The predicted octanol–water partition coefficient (Wildman–Crippen LogP) is 0.754. The van der Waals surface area contributed by atoms with E-state index in [4.69, 9.17) is 5.73 Å². The number of halogens is 2. The van der Waals surface area contributed by atoms with E-state index >= 15 is 0 Å². The second-order valence-electron chi connectivity index (χ2n) is 4.07. The minimum Gasteiger partial charge on any atom is -0.368 e. The highest BCUT2D eigenvalue weighted by Gasteiger charge is 2.36. The maximum atomic E-state index is 12.2. The Labute approximate surface area is 92.8 Å². The van der Waals surface area contributed by atoms with Gasteiger partial charge < -0.3 is 10.6 Å². The highest BCUT2D eigenvalue weighted by molar-refractivity contribution is 5.87. The predicted molar refractivity (Wildman–Crippen MR) is 53.7 cm³/mol. The van der Waals surface area contributed by atoms with Gasteiger partial charge >= 0.3 is 0 Å². The van der Waals surface area contributed by atoms with Gasteiger partial charge in [0.25, 0.3) is 0 Å². The normalized spacial score (nSPS) is 22.9. The lowest BCUT2D eigenvalue weighted by molar-refractivity contribution is -0.136. The summed E-state index contributed by atoms with van der Waals surface area (Å²) in [6, 6.07) is -0.657. The molecule has 6 heteroatoms. The first-order valence-corrected chi connectivity index (χ1v) is 5.32. The van der Waals surface area contributed by atoms with Crippen LogP contribution in [-0.2, 0) is 9.59 Å². The number of carbonyl (C=O) groups is 2. The van der Waals surface area contributed by atoms with Gasteiger partial charge in [-0.15, -0.1) is 0 Å². The summed E-state index contributed by atoms with van der Waals surface area (Å²) in [6.07, 6.45) is -2.19. The molecule has 0 bridgehead atoms. The highest BCUT2D eigenvalue weighted by Crippen LogP contribution is 2.26. The molecule has 4 nitrogen and oxygen atoms in total. The van der Waals surface area contributed by atoms with Crippen LogP contribution in [0.15, 0.2) is 0 Å². The fourth-order valence-corrected chi connectivity index (χ4v) is 2.09. The van der Waals surface area contributed by atoms with Crippen molar-refractivity contribution < 1.29 is 18.4 Å². The van der Waals surface area contributed by atoms with E-state index in [0.717, 1.165) is 0 Å². The van der Waals surface area contributed by atoms with Gasteiger partial charge in [-0.05, 0) is 12.3 Å². The topological polar surface area (TPSA) is 63.4 Å². The lowest BCUT2D eigenvalue weighted by atomic mass is 10.1. The number of alkyl halides is 2. The van der Waals surface area contributed by atoms with Gasteiger partial charge in [0.05, 0.1) is 0 Å². The van der Waals surface area contributed by atoms with Crippen molar-refractivity contribution in [2.24, 2.45) is 11.7 Å². The molecule has 0 spiro atoms. The molecule has 0 aromatic carbocycles. The summed E-state index contributed by atoms with van der Waals surface area (Å²) in [5, 5.41) is 0. The number of carbonyl (C=O) groups excluding carboxylic acids is 2. The molecule has 0 aromatic heterocycles. The summed E-state index contributed by atoms with van der Waals surface area (Å²) < 4.78 is 24.3. The third-order valence-electron chi connectivity index (χ3n) is 2.84. The number of hydrogen-bond acceptors (Lipinski definition) is 2. The third kappa shape index (κ3) is 2.90. The molecule has 0 radical (unpaired) electrons. The largest absolute Gasteiger partial charge is 0.368 e.